The SMILES string of the molecule is CNC(C(=O)NCc1ccc(CN2CCCCCC2)cc1)c1cnn(C)c1.Cl.Cl. The number of likely N-dealkylation sites (N-methyl/N-ethyl adjacent to an activating group) is 1. The highest BCUT2D eigenvalue weighted by Crippen LogP contribution is 2.15. The molecule has 1 aromatic carbocycles. The lowest BCUT2D eigenvalue weighted by atomic mass is 10.1. The third-order valence-electron chi connectivity index (χ3n) is 5.20. The molecule has 162 valence electrons. The monoisotopic (exact) mass is 441 g/mol. The number of likely N-dealkylation sites (tertiary alicyclic amines) is 1. The Morgan fingerprint density at radius 2 is 1.69 bits per heavy atom. The Morgan fingerprint density at radius 3 is 2.24 bits per heavy atom. The average Bonchev–Trinajstić information content (AvgIpc) is 2.93. The standard InChI is InChI=1S/C21H31N5O.2ClH/c1-22-20(19-14-24-25(2)16-19)21(27)23-13-17-7-9-18(10-8-17)15-26-11-5-3-4-6-12-26;;/h7-10,14,16,20,22H,3-6,11-13,15H2,1-2H3,(H,23,27);2*1H. The van der Waals surface area contributed by atoms with Gasteiger partial charge in [-0.05, 0) is 44.1 Å². The maximum absolute atomic E-state index is 12.5. The Bertz CT molecular complexity index is 727. The Kier molecular flexibility index (Phi) is 11.3. The second kappa shape index (κ2) is 12.9. The minimum Gasteiger partial charge on any atom is -0.350 e. The summed E-state index contributed by atoms with van der Waals surface area (Å²) in [7, 11) is 3.64. The number of benzene rings is 1. The Balaban J connectivity index is 0.00000210. The number of carbonyl (C=O) groups excluding carboxylic acids is 1. The maximum atomic E-state index is 12.5. The van der Waals surface area contributed by atoms with Crippen LogP contribution >= 0.6 is 24.8 Å². The lowest BCUT2D eigenvalue weighted by Crippen LogP contribution is -2.35. The molecule has 1 aliphatic rings. The first-order valence-corrected chi connectivity index (χ1v) is 9.89. The van der Waals surface area contributed by atoms with Crippen LogP contribution in [0.3, 0.4) is 0 Å². The molecule has 1 aromatic heterocycles. The van der Waals surface area contributed by atoms with Gasteiger partial charge in [0.05, 0.1) is 6.20 Å². The maximum Gasteiger partial charge on any atom is 0.242 e. The van der Waals surface area contributed by atoms with Crippen molar-refractivity contribution in [3.05, 3.63) is 53.3 Å². The van der Waals surface area contributed by atoms with E-state index in [1.165, 1.54) is 44.3 Å². The van der Waals surface area contributed by atoms with Crippen molar-refractivity contribution in [3.63, 3.8) is 0 Å². The molecule has 29 heavy (non-hydrogen) atoms. The topological polar surface area (TPSA) is 62.2 Å². The lowest BCUT2D eigenvalue weighted by Gasteiger charge is -2.20. The lowest BCUT2D eigenvalue weighted by molar-refractivity contribution is -0.123. The smallest absolute Gasteiger partial charge is 0.242 e. The van der Waals surface area contributed by atoms with E-state index in [1.54, 1.807) is 17.9 Å². The molecule has 0 spiro atoms. The fourth-order valence-electron chi connectivity index (χ4n) is 3.64. The van der Waals surface area contributed by atoms with Gasteiger partial charge in [-0.15, -0.1) is 24.8 Å². The first-order valence-electron chi connectivity index (χ1n) is 9.89. The molecule has 6 nitrogen and oxygen atoms in total. The van der Waals surface area contributed by atoms with Gasteiger partial charge in [0.2, 0.25) is 5.91 Å². The fourth-order valence-corrected chi connectivity index (χ4v) is 3.64. The summed E-state index contributed by atoms with van der Waals surface area (Å²) in [6, 6.07) is 8.21. The molecule has 2 N–H and O–H groups in total. The number of hydrogen-bond donors (Lipinski definition) is 2. The van der Waals surface area contributed by atoms with Crippen molar-refractivity contribution in [3.8, 4) is 0 Å². The highest BCUT2D eigenvalue weighted by molar-refractivity contribution is 5.85. The summed E-state index contributed by atoms with van der Waals surface area (Å²) in [6.07, 6.45) is 8.93. The molecular formula is C21H33Cl2N5O. The minimum atomic E-state index is -0.388. The Hall–Kier alpha value is -1.60. The summed E-state index contributed by atoms with van der Waals surface area (Å²) in [5.41, 5.74) is 3.32. The van der Waals surface area contributed by atoms with Crippen LogP contribution in [0.5, 0.6) is 0 Å². The highest BCUT2D eigenvalue weighted by Gasteiger charge is 2.19. The molecule has 1 atom stereocenters. The van der Waals surface area contributed by atoms with Gasteiger partial charge in [0.1, 0.15) is 6.04 Å². The Morgan fingerprint density at radius 1 is 1.07 bits per heavy atom. The van der Waals surface area contributed by atoms with Gasteiger partial charge in [-0.1, -0.05) is 37.1 Å². The van der Waals surface area contributed by atoms with Crippen LogP contribution in [-0.2, 0) is 24.9 Å². The largest absolute Gasteiger partial charge is 0.350 e. The van der Waals surface area contributed by atoms with Crippen molar-refractivity contribution in [1.29, 1.82) is 0 Å². The van der Waals surface area contributed by atoms with Crippen molar-refractivity contribution >= 4 is 30.7 Å². The number of halogens is 2. The van der Waals surface area contributed by atoms with Gasteiger partial charge in [-0.2, -0.15) is 5.10 Å². The van der Waals surface area contributed by atoms with Crippen molar-refractivity contribution in [2.45, 2.75) is 44.8 Å². The predicted octanol–water partition coefficient (Wildman–Crippen LogP) is 3.22. The third kappa shape index (κ3) is 7.63. The molecule has 2 aromatic rings. The summed E-state index contributed by atoms with van der Waals surface area (Å²) >= 11 is 0. The van der Waals surface area contributed by atoms with E-state index in [1.807, 2.05) is 13.2 Å². The highest BCUT2D eigenvalue weighted by atomic mass is 35.5. The normalized spacial score (nSPS) is 15.5. The first kappa shape index (κ1) is 25.4. The van der Waals surface area contributed by atoms with Gasteiger partial charge in [-0.3, -0.25) is 14.4 Å². The van der Waals surface area contributed by atoms with Crippen molar-refractivity contribution < 1.29 is 4.79 Å². The van der Waals surface area contributed by atoms with Crippen LogP contribution in [0.1, 0.15) is 48.4 Å². The Labute approximate surface area is 186 Å². The molecule has 1 aliphatic heterocycles. The number of rotatable bonds is 7. The number of hydrogen-bond acceptors (Lipinski definition) is 4. The van der Waals surface area contributed by atoms with Crippen LogP contribution < -0.4 is 10.6 Å². The first-order chi connectivity index (χ1) is 13.2. The molecule has 0 saturated carbocycles. The van der Waals surface area contributed by atoms with Gasteiger partial charge in [0.15, 0.2) is 0 Å². The van der Waals surface area contributed by atoms with Crippen molar-refractivity contribution in [2.24, 2.45) is 7.05 Å². The van der Waals surface area contributed by atoms with E-state index in [2.05, 4.69) is 44.9 Å². The van der Waals surface area contributed by atoms with E-state index in [0.717, 1.165) is 17.7 Å². The van der Waals surface area contributed by atoms with Crippen LogP contribution in [0, 0.1) is 0 Å². The van der Waals surface area contributed by atoms with E-state index >= 15 is 0 Å². The molecule has 1 unspecified atom stereocenters. The summed E-state index contributed by atoms with van der Waals surface area (Å²) in [6.45, 7) is 3.96. The molecule has 8 heteroatoms. The second-order valence-corrected chi connectivity index (χ2v) is 7.39. The number of carbonyl (C=O) groups is 1. The zero-order valence-electron chi connectivity index (χ0n) is 17.3. The average molecular weight is 442 g/mol. The summed E-state index contributed by atoms with van der Waals surface area (Å²) in [5.74, 6) is -0.0425. The molecule has 1 fully saturated rings. The van der Waals surface area contributed by atoms with E-state index in [0.29, 0.717) is 6.54 Å². The number of aromatic nitrogens is 2. The quantitative estimate of drug-likeness (QED) is 0.692. The van der Waals surface area contributed by atoms with Gasteiger partial charge < -0.3 is 10.6 Å². The van der Waals surface area contributed by atoms with Crippen LogP contribution in [0.25, 0.3) is 0 Å². The molecule has 0 radical (unpaired) electrons. The number of amides is 1. The van der Waals surface area contributed by atoms with Gasteiger partial charge in [-0.25, -0.2) is 0 Å². The molecule has 2 heterocycles. The van der Waals surface area contributed by atoms with Crippen molar-refractivity contribution in [1.82, 2.24) is 25.3 Å². The van der Waals surface area contributed by atoms with E-state index in [-0.39, 0.29) is 36.8 Å². The van der Waals surface area contributed by atoms with Gasteiger partial charge >= 0.3 is 0 Å². The fraction of sp³-hybridized carbons (Fsp3) is 0.524. The zero-order valence-corrected chi connectivity index (χ0v) is 18.9. The molecule has 1 amide bonds. The molecule has 3 rings (SSSR count). The molecule has 0 aliphatic carbocycles. The second-order valence-electron chi connectivity index (χ2n) is 7.39. The third-order valence-corrected chi connectivity index (χ3v) is 5.20. The van der Waals surface area contributed by atoms with Gasteiger partial charge in [0, 0.05) is 31.9 Å². The predicted molar refractivity (Wildman–Crippen MR) is 122 cm³/mol. The zero-order chi connectivity index (χ0) is 19.1. The van der Waals surface area contributed by atoms with Gasteiger partial charge in [0.25, 0.3) is 0 Å². The van der Waals surface area contributed by atoms with Crippen LogP contribution in [0.4, 0.5) is 0 Å². The van der Waals surface area contributed by atoms with Crippen LogP contribution in [-0.4, -0.2) is 40.7 Å². The minimum absolute atomic E-state index is 0. The number of nitrogens with one attached hydrogen (secondary N) is 2. The number of nitrogens with zero attached hydrogens (tertiary/aromatic N) is 3. The summed E-state index contributed by atoms with van der Waals surface area (Å²) in [5, 5.41) is 10.2. The van der Waals surface area contributed by atoms with Crippen molar-refractivity contribution in [2.75, 3.05) is 20.1 Å². The van der Waals surface area contributed by atoms with Crippen LogP contribution in [0.15, 0.2) is 36.7 Å². The molecule has 1 saturated heterocycles. The van der Waals surface area contributed by atoms with E-state index in [4.69, 9.17) is 0 Å². The summed E-state index contributed by atoms with van der Waals surface area (Å²) in [4.78, 5) is 15.1. The molecule has 0 bridgehead atoms. The van der Waals surface area contributed by atoms with E-state index < -0.39 is 0 Å². The summed E-state index contributed by atoms with van der Waals surface area (Å²) < 4.78 is 1.70. The molecular weight excluding hydrogens is 409 g/mol. The van der Waals surface area contributed by atoms with E-state index in [9.17, 15) is 4.79 Å². The van der Waals surface area contributed by atoms with Crippen LogP contribution in [0.2, 0.25) is 0 Å². The number of aryl methyl sites for hydroxylation is 1.